The van der Waals surface area contributed by atoms with Crippen molar-refractivity contribution in [3.8, 4) is 0 Å². The van der Waals surface area contributed by atoms with Gasteiger partial charge in [-0.25, -0.2) is 9.78 Å². The summed E-state index contributed by atoms with van der Waals surface area (Å²) in [6.45, 7) is 1.64. The molecule has 0 aliphatic rings. The molecular formula is C11H12N6O4S2. The molecule has 2 aromatic heterocycles. The molecule has 0 radical (unpaired) electrons. The van der Waals surface area contributed by atoms with E-state index in [2.05, 4.69) is 25.2 Å². The van der Waals surface area contributed by atoms with Crippen molar-refractivity contribution in [3.05, 3.63) is 27.1 Å². The van der Waals surface area contributed by atoms with E-state index in [1.165, 1.54) is 7.11 Å². The van der Waals surface area contributed by atoms with E-state index in [1.54, 1.807) is 6.92 Å². The van der Waals surface area contributed by atoms with Gasteiger partial charge in [-0.15, -0.1) is 5.10 Å². The number of nitrogen functional groups attached to an aromatic ring is 1. The van der Waals surface area contributed by atoms with Crippen molar-refractivity contribution in [2.24, 2.45) is 0 Å². The lowest BCUT2D eigenvalue weighted by Gasteiger charge is -2.04. The molecule has 23 heavy (non-hydrogen) atoms. The molecule has 0 saturated heterocycles. The van der Waals surface area contributed by atoms with E-state index in [-0.39, 0.29) is 16.0 Å². The molecule has 3 N–H and O–H groups in total. The number of anilines is 1. The molecule has 0 unspecified atom stereocenters. The smallest absolute Gasteiger partial charge is 0.350 e. The van der Waals surface area contributed by atoms with Crippen LogP contribution in [0, 0.1) is 6.92 Å². The van der Waals surface area contributed by atoms with Crippen molar-refractivity contribution in [2.45, 2.75) is 12.1 Å². The summed E-state index contributed by atoms with van der Waals surface area (Å²) in [6.07, 6.45) is 0.969. The minimum Gasteiger partial charge on any atom is -0.465 e. The van der Waals surface area contributed by atoms with Crippen molar-refractivity contribution in [1.82, 2.24) is 19.9 Å². The van der Waals surface area contributed by atoms with Crippen molar-refractivity contribution in [3.63, 3.8) is 0 Å². The number of hydrogen-bond acceptors (Lipinski definition) is 10. The Labute approximate surface area is 138 Å². The van der Waals surface area contributed by atoms with Gasteiger partial charge in [0.05, 0.1) is 18.6 Å². The minimum atomic E-state index is -0.527. The Morgan fingerprint density at radius 1 is 1.52 bits per heavy atom. The fourth-order valence-electron chi connectivity index (χ4n) is 1.45. The summed E-state index contributed by atoms with van der Waals surface area (Å²) >= 11 is 1.96. The monoisotopic (exact) mass is 356 g/mol. The number of esters is 1. The molecule has 10 nitrogen and oxygen atoms in total. The highest BCUT2D eigenvalue weighted by Gasteiger charge is 2.17. The molecule has 0 aliphatic carbocycles. The Morgan fingerprint density at radius 3 is 2.96 bits per heavy atom. The third kappa shape index (κ3) is 4.04. The van der Waals surface area contributed by atoms with Gasteiger partial charge in [-0.2, -0.15) is 9.77 Å². The first-order valence-corrected chi connectivity index (χ1v) is 7.90. The second-order valence-corrected chi connectivity index (χ2v) is 6.04. The van der Waals surface area contributed by atoms with Gasteiger partial charge in [0.2, 0.25) is 11.1 Å². The van der Waals surface area contributed by atoms with Gasteiger partial charge in [0, 0.05) is 0 Å². The number of carbonyl (C=O) groups is 2. The first-order valence-electron chi connectivity index (χ1n) is 6.10. The maximum atomic E-state index is 11.9. The molecule has 0 bridgehead atoms. The summed E-state index contributed by atoms with van der Waals surface area (Å²) in [7, 11) is 1.27. The number of nitrogens with two attached hydrogens (primary N) is 1. The van der Waals surface area contributed by atoms with Gasteiger partial charge in [-0.05, 0) is 6.92 Å². The normalized spacial score (nSPS) is 10.3. The van der Waals surface area contributed by atoms with Crippen molar-refractivity contribution in [1.29, 1.82) is 0 Å². The molecule has 0 fully saturated rings. The van der Waals surface area contributed by atoms with E-state index in [4.69, 9.17) is 5.84 Å². The van der Waals surface area contributed by atoms with Gasteiger partial charge in [-0.3, -0.25) is 9.59 Å². The van der Waals surface area contributed by atoms with Crippen molar-refractivity contribution in [2.75, 3.05) is 24.0 Å². The molecule has 2 heterocycles. The topological polar surface area (TPSA) is 142 Å². The second-order valence-electron chi connectivity index (χ2n) is 4.10. The SMILES string of the molecule is COC(=O)c1sc(NC(=O)CSc2nncc(=O)n2N)nc1C. The predicted octanol–water partition coefficient (Wildman–Crippen LogP) is -0.366. The number of aryl methyl sites for hydroxylation is 1. The summed E-state index contributed by atoms with van der Waals surface area (Å²) in [5.74, 6) is 4.52. The molecular weight excluding hydrogens is 344 g/mol. The first kappa shape index (κ1) is 16.9. The maximum Gasteiger partial charge on any atom is 0.350 e. The number of nitrogens with zero attached hydrogens (tertiary/aromatic N) is 4. The van der Waals surface area contributed by atoms with E-state index < -0.39 is 17.4 Å². The Kier molecular flexibility index (Phi) is 5.28. The second kappa shape index (κ2) is 7.19. The molecule has 0 aromatic carbocycles. The third-order valence-electron chi connectivity index (χ3n) is 2.50. The number of hydrogen-bond donors (Lipinski definition) is 2. The molecule has 0 saturated carbocycles. The Morgan fingerprint density at radius 2 is 2.26 bits per heavy atom. The lowest BCUT2D eigenvalue weighted by molar-refractivity contribution is -0.113. The van der Waals surface area contributed by atoms with Gasteiger partial charge >= 0.3 is 5.97 Å². The molecule has 2 rings (SSSR count). The average Bonchev–Trinajstić information content (AvgIpc) is 2.88. The molecule has 12 heteroatoms. The van der Waals surface area contributed by atoms with Crippen LogP contribution in [0.15, 0.2) is 16.1 Å². The van der Waals surface area contributed by atoms with Gasteiger partial charge in [-0.1, -0.05) is 23.1 Å². The molecule has 2 aromatic rings. The number of amides is 1. The zero-order chi connectivity index (χ0) is 17.0. The summed E-state index contributed by atoms with van der Waals surface area (Å²) in [6, 6.07) is 0. The van der Waals surface area contributed by atoms with Crippen LogP contribution >= 0.6 is 23.1 Å². The summed E-state index contributed by atoms with van der Waals surface area (Å²) in [5, 5.41) is 10.1. The lowest BCUT2D eigenvalue weighted by atomic mass is 10.4. The Hall–Kier alpha value is -2.47. The minimum absolute atomic E-state index is 0.0540. The highest BCUT2D eigenvalue weighted by atomic mass is 32.2. The van der Waals surface area contributed by atoms with Crippen LogP contribution in [0.1, 0.15) is 15.4 Å². The van der Waals surface area contributed by atoms with Crippen LogP contribution in [0.4, 0.5) is 5.13 Å². The molecule has 1 amide bonds. The van der Waals surface area contributed by atoms with Crippen LogP contribution in [0.3, 0.4) is 0 Å². The van der Waals surface area contributed by atoms with Gasteiger partial charge in [0.1, 0.15) is 11.1 Å². The first-order chi connectivity index (χ1) is 10.9. The number of thiazole rings is 1. The number of aromatic nitrogens is 4. The number of rotatable bonds is 5. The van der Waals surface area contributed by atoms with Gasteiger partial charge in [0.25, 0.3) is 5.56 Å². The summed E-state index contributed by atoms with van der Waals surface area (Å²) in [5.41, 5.74) is -0.0595. The zero-order valence-corrected chi connectivity index (χ0v) is 13.7. The average molecular weight is 356 g/mol. The van der Waals surface area contributed by atoms with Crippen molar-refractivity contribution < 1.29 is 14.3 Å². The zero-order valence-electron chi connectivity index (χ0n) is 12.1. The quantitative estimate of drug-likeness (QED) is 0.417. The fourth-order valence-corrected chi connectivity index (χ4v) is 3.02. The van der Waals surface area contributed by atoms with Crippen LogP contribution in [-0.4, -0.2) is 44.6 Å². The predicted molar refractivity (Wildman–Crippen MR) is 84.0 cm³/mol. The maximum absolute atomic E-state index is 11.9. The van der Waals surface area contributed by atoms with Crippen LogP contribution in [0.2, 0.25) is 0 Å². The number of methoxy groups -OCH3 is 1. The largest absolute Gasteiger partial charge is 0.465 e. The van der Waals surface area contributed by atoms with Gasteiger partial charge in [0.15, 0.2) is 5.13 Å². The highest BCUT2D eigenvalue weighted by molar-refractivity contribution is 7.99. The molecule has 0 atom stereocenters. The number of nitrogens with one attached hydrogen (secondary N) is 1. The Bertz CT molecular complexity index is 802. The van der Waals surface area contributed by atoms with E-state index in [0.29, 0.717) is 10.6 Å². The van der Waals surface area contributed by atoms with Crippen LogP contribution in [0.5, 0.6) is 0 Å². The molecule has 0 aliphatic heterocycles. The van der Waals surface area contributed by atoms with Gasteiger partial charge < -0.3 is 15.9 Å². The van der Waals surface area contributed by atoms with Crippen LogP contribution in [-0.2, 0) is 9.53 Å². The summed E-state index contributed by atoms with van der Waals surface area (Å²) < 4.78 is 5.42. The number of ether oxygens (including phenoxy) is 1. The Balaban J connectivity index is 1.99. The van der Waals surface area contributed by atoms with E-state index >= 15 is 0 Å². The van der Waals surface area contributed by atoms with E-state index in [1.807, 2.05) is 0 Å². The van der Waals surface area contributed by atoms with Crippen LogP contribution < -0.4 is 16.7 Å². The fraction of sp³-hybridized carbons (Fsp3) is 0.273. The van der Waals surface area contributed by atoms with Crippen LogP contribution in [0.25, 0.3) is 0 Å². The summed E-state index contributed by atoms with van der Waals surface area (Å²) in [4.78, 5) is 39.0. The lowest BCUT2D eigenvalue weighted by Crippen LogP contribution is -2.30. The highest BCUT2D eigenvalue weighted by Crippen LogP contribution is 2.23. The third-order valence-corrected chi connectivity index (χ3v) is 4.50. The van der Waals surface area contributed by atoms with E-state index in [0.717, 1.165) is 34.0 Å². The molecule has 0 spiro atoms. The van der Waals surface area contributed by atoms with Crippen molar-refractivity contribution >= 4 is 40.1 Å². The van der Waals surface area contributed by atoms with E-state index in [9.17, 15) is 14.4 Å². The molecule has 122 valence electrons. The number of thioether (sulfide) groups is 1. The standard InChI is InChI=1S/C11H12N6O4S2/c1-5-8(9(20)21-2)23-10(14-5)15-6(18)4-22-11-16-13-3-7(19)17(11)12/h3H,4,12H2,1-2H3,(H,14,15,18). The number of carbonyl (C=O) groups excluding carboxylic acids is 2.